The molecule has 160 valence electrons. The Bertz CT molecular complexity index is 1060. The molecule has 3 aromatic carbocycles. The van der Waals surface area contributed by atoms with Crippen LogP contribution in [0.3, 0.4) is 0 Å². The molecule has 0 spiro atoms. The molecule has 0 saturated carbocycles. The number of hydrogen-bond acceptors (Lipinski definition) is 2. The van der Waals surface area contributed by atoms with Gasteiger partial charge >= 0.3 is 0 Å². The summed E-state index contributed by atoms with van der Waals surface area (Å²) in [7, 11) is 0. The van der Waals surface area contributed by atoms with E-state index in [0.717, 1.165) is 24.3 Å². The largest absolute Gasteiger partial charge is 0.484 e. The lowest BCUT2D eigenvalue weighted by molar-refractivity contribution is -0.121. The molecular weight excluding hydrogens is 382 g/mol. The second kappa shape index (κ2) is 8.22. The summed E-state index contributed by atoms with van der Waals surface area (Å²) >= 11 is 0. The average molecular weight is 414 g/mol. The van der Waals surface area contributed by atoms with Crippen molar-refractivity contribution < 1.29 is 9.53 Å². The van der Waals surface area contributed by atoms with E-state index >= 15 is 0 Å². The van der Waals surface area contributed by atoms with Crippen molar-refractivity contribution in [1.82, 2.24) is 0 Å². The number of ether oxygens (including phenoxy) is 1. The lowest BCUT2D eigenvalue weighted by Crippen LogP contribution is -2.57. The highest BCUT2D eigenvalue weighted by Crippen LogP contribution is 2.50. The fourth-order valence-corrected chi connectivity index (χ4v) is 5.07. The number of anilines is 1. The number of fused-ring (bicyclic) bond motifs is 1. The second-order valence-electron chi connectivity index (χ2n) is 9.22. The topological polar surface area (TPSA) is 29.5 Å². The Kier molecular flexibility index (Phi) is 5.62. The maximum Gasteiger partial charge on any atom is 0.265 e. The molecule has 3 heteroatoms. The monoisotopic (exact) mass is 413 g/mol. The van der Waals surface area contributed by atoms with E-state index in [9.17, 15) is 4.79 Å². The summed E-state index contributed by atoms with van der Waals surface area (Å²) in [6.45, 7) is 8.73. The van der Waals surface area contributed by atoms with Gasteiger partial charge in [-0.1, -0.05) is 74.5 Å². The SMILES string of the molecule is CCc1ccc(OCC(=O)N2c3ccccc3[C@](C)(c3ccccc3)CC2(C)C)cc1. The van der Waals surface area contributed by atoms with Crippen LogP contribution in [0.2, 0.25) is 0 Å². The van der Waals surface area contributed by atoms with Crippen LogP contribution in [0.4, 0.5) is 5.69 Å². The van der Waals surface area contributed by atoms with Gasteiger partial charge in [-0.25, -0.2) is 0 Å². The summed E-state index contributed by atoms with van der Waals surface area (Å²) in [5.74, 6) is 0.704. The van der Waals surface area contributed by atoms with Crippen LogP contribution in [-0.4, -0.2) is 18.1 Å². The highest BCUT2D eigenvalue weighted by molar-refractivity contribution is 5.97. The average Bonchev–Trinajstić information content (AvgIpc) is 2.78. The highest BCUT2D eigenvalue weighted by Gasteiger charge is 2.47. The van der Waals surface area contributed by atoms with E-state index in [4.69, 9.17) is 4.74 Å². The van der Waals surface area contributed by atoms with Crippen molar-refractivity contribution in [2.75, 3.05) is 11.5 Å². The summed E-state index contributed by atoms with van der Waals surface area (Å²) < 4.78 is 5.87. The van der Waals surface area contributed by atoms with Gasteiger partial charge in [0.2, 0.25) is 0 Å². The molecule has 1 aliphatic heterocycles. The molecule has 0 N–H and O–H groups in total. The van der Waals surface area contributed by atoms with E-state index < -0.39 is 0 Å². The summed E-state index contributed by atoms with van der Waals surface area (Å²) in [4.78, 5) is 15.4. The van der Waals surface area contributed by atoms with E-state index in [1.807, 2.05) is 41.3 Å². The first-order valence-corrected chi connectivity index (χ1v) is 11.0. The van der Waals surface area contributed by atoms with Gasteiger partial charge in [-0.15, -0.1) is 0 Å². The number of rotatable bonds is 5. The number of nitrogens with zero attached hydrogens (tertiary/aromatic N) is 1. The van der Waals surface area contributed by atoms with E-state index in [-0.39, 0.29) is 23.5 Å². The third kappa shape index (κ3) is 3.97. The van der Waals surface area contributed by atoms with Crippen LogP contribution in [0.5, 0.6) is 5.75 Å². The molecule has 4 rings (SSSR count). The van der Waals surface area contributed by atoms with Gasteiger partial charge in [0.1, 0.15) is 5.75 Å². The zero-order valence-electron chi connectivity index (χ0n) is 18.9. The molecule has 1 heterocycles. The Balaban J connectivity index is 1.65. The lowest BCUT2D eigenvalue weighted by Gasteiger charge is -2.51. The van der Waals surface area contributed by atoms with Gasteiger partial charge in [-0.05, 0) is 61.6 Å². The van der Waals surface area contributed by atoms with E-state index in [2.05, 4.69) is 70.2 Å². The molecule has 0 unspecified atom stereocenters. The lowest BCUT2D eigenvalue weighted by atomic mass is 9.65. The minimum absolute atomic E-state index is 0.0191. The maximum atomic E-state index is 13.4. The van der Waals surface area contributed by atoms with Crippen molar-refractivity contribution in [3.8, 4) is 5.75 Å². The molecule has 0 aromatic heterocycles. The van der Waals surface area contributed by atoms with Crippen molar-refractivity contribution in [2.45, 2.75) is 51.5 Å². The first-order chi connectivity index (χ1) is 14.8. The number of aryl methyl sites for hydroxylation is 1. The normalized spacial score (nSPS) is 19.5. The predicted octanol–water partition coefficient (Wildman–Crippen LogP) is 6.15. The van der Waals surface area contributed by atoms with E-state index in [0.29, 0.717) is 0 Å². The van der Waals surface area contributed by atoms with Crippen molar-refractivity contribution in [2.24, 2.45) is 0 Å². The van der Waals surface area contributed by atoms with Gasteiger partial charge in [0, 0.05) is 16.6 Å². The van der Waals surface area contributed by atoms with Gasteiger partial charge in [0.05, 0.1) is 0 Å². The molecule has 0 fully saturated rings. The molecule has 3 nitrogen and oxygen atoms in total. The summed E-state index contributed by atoms with van der Waals surface area (Å²) in [5.41, 5.74) is 4.15. The quantitative estimate of drug-likeness (QED) is 0.502. The Morgan fingerprint density at radius 2 is 1.55 bits per heavy atom. The number of amides is 1. The smallest absolute Gasteiger partial charge is 0.265 e. The van der Waals surface area contributed by atoms with Gasteiger partial charge in [0.25, 0.3) is 5.91 Å². The molecule has 1 aliphatic rings. The number of hydrogen-bond donors (Lipinski definition) is 0. The second-order valence-corrected chi connectivity index (χ2v) is 9.22. The zero-order valence-corrected chi connectivity index (χ0v) is 18.9. The zero-order chi connectivity index (χ0) is 22.1. The minimum atomic E-state index is -0.356. The Morgan fingerprint density at radius 3 is 2.23 bits per heavy atom. The minimum Gasteiger partial charge on any atom is -0.484 e. The van der Waals surface area contributed by atoms with Gasteiger partial charge in [-0.2, -0.15) is 0 Å². The van der Waals surface area contributed by atoms with Crippen molar-refractivity contribution in [3.05, 3.63) is 95.6 Å². The van der Waals surface area contributed by atoms with Crippen LogP contribution >= 0.6 is 0 Å². The van der Waals surface area contributed by atoms with E-state index in [1.165, 1.54) is 16.7 Å². The van der Waals surface area contributed by atoms with Crippen LogP contribution in [0.15, 0.2) is 78.9 Å². The molecule has 31 heavy (non-hydrogen) atoms. The fourth-order valence-electron chi connectivity index (χ4n) is 5.07. The van der Waals surface area contributed by atoms with Crippen LogP contribution in [0.1, 0.15) is 50.8 Å². The van der Waals surface area contributed by atoms with Gasteiger partial charge < -0.3 is 9.64 Å². The molecule has 0 aliphatic carbocycles. The molecule has 3 aromatic rings. The third-order valence-electron chi connectivity index (χ3n) is 6.49. The highest BCUT2D eigenvalue weighted by atomic mass is 16.5. The molecule has 0 bridgehead atoms. The molecule has 0 radical (unpaired) electrons. The predicted molar refractivity (Wildman–Crippen MR) is 127 cm³/mol. The maximum absolute atomic E-state index is 13.4. The Hall–Kier alpha value is -3.07. The van der Waals surface area contributed by atoms with Crippen molar-refractivity contribution in [1.29, 1.82) is 0 Å². The Labute approximate surface area is 185 Å². The van der Waals surface area contributed by atoms with Crippen molar-refractivity contribution in [3.63, 3.8) is 0 Å². The van der Waals surface area contributed by atoms with E-state index in [1.54, 1.807) is 0 Å². The Morgan fingerprint density at radius 1 is 0.903 bits per heavy atom. The van der Waals surface area contributed by atoms with Crippen LogP contribution < -0.4 is 9.64 Å². The summed E-state index contributed by atoms with van der Waals surface area (Å²) in [6.07, 6.45) is 1.82. The van der Waals surface area contributed by atoms with Gasteiger partial charge in [0.15, 0.2) is 6.61 Å². The number of para-hydroxylation sites is 1. The first kappa shape index (κ1) is 21.2. The number of carbonyl (C=O) groups excluding carboxylic acids is 1. The molecule has 1 atom stereocenters. The molecular formula is C28H31NO2. The fraction of sp³-hybridized carbons (Fsp3) is 0.321. The van der Waals surface area contributed by atoms with Crippen LogP contribution in [0.25, 0.3) is 0 Å². The van der Waals surface area contributed by atoms with Gasteiger partial charge in [-0.3, -0.25) is 4.79 Å². The molecule has 1 amide bonds. The number of carbonyl (C=O) groups is 1. The number of benzene rings is 3. The van der Waals surface area contributed by atoms with Crippen LogP contribution in [-0.2, 0) is 16.6 Å². The third-order valence-corrected chi connectivity index (χ3v) is 6.49. The summed E-state index contributed by atoms with van der Waals surface area (Å²) in [5, 5.41) is 0. The first-order valence-electron chi connectivity index (χ1n) is 11.0. The van der Waals surface area contributed by atoms with Crippen LogP contribution in [0, 0.1) is 0 Å². The molecule has 0 saturated heterocycles. The summed E-state index contributed by atoms with van der Waals surface area (Å²) in [6, 6.07) is 26.9. The standard InChI is InChI=1S/C28H31NO2/c1-5-21-15-17-23(18-16-21)31-19-26(30)29-25-14-10-9-13-24(25)28(4,20-27(29,2)3)22-11-7-6-8-12-22/h6-18H,5,19-20H2,1-4H3/t28-/m0/s1. The van der Waals surface area contributed by atoms with Crippen molar-refractivity contribution >= 4 is 11.6 Å².